The van der Waals surface area contributed by atoms with Gasteiger partial charge in [0.25, 0.3) is 0 Å². The summed E-state index contributed by atoms with van der Waals surface area (Å²) in [5.74, 6) is 0.526. The van der Waals surface area contributed by atoms with E-state index < -0.39 is 0 Å². The normalized spacial score (nSPS) is 12.0. The van der Waals surface area contributed by atoms with Gasteiger partial charge in [-0.15, -0.1) is 0 Å². The summed E-state index contributed by atoms with van der Waals surface area (Å²) in [6, 6.07) is 29.0. The van der Waals surface area contributed by atoms with Crippen molar-refractivity contribution < 1.29 is 0 Å². The highest BCUT2D eigenvalue weighted by atomic mass is 14.2. The molecule has 120 valence electrons. The van der Waals surface area contributed by atoms with Crippen LogP contribution < -0.4 is 0 Å². The van der Waals surface area contributed by atoms with Crippen molar-refractivity contribution in [2.45, 2.75) is 19.8 Å². The summed E-state index contributed by atoms with van der Waals surface area (Å²) >= 11 is 0. The molecule has 0 N–H and O–H groups in total. The molecule has 5 rings (SSSR count). The van der Waals surface area contributed by atoms with Gasteiger partial charge in [-0.05, 0) is 61.0 Å². The zero-order chi connectivity index (χ0) is 17.0. The number of hydrogen-bond donors (Lipinski definition) is 0. The predicted molar refractivity (Wildman–Crippen MR) is 110 cm³/mol. The quantitative estimate of drug-likeness (QED) is 0.298. The molecule has 0 aliphatic rings. The van der Waals surface area contributed by atoms with E-state index in [4.69, 9.17) is 0 Å². The first-order valence-corrected chi connectivity index (χ1v) is 9.00. The molecule has 5 aromatic rings. The average Bonchev–Trinajstić information content (AvgIpc) is 2.66. The molecule has 0 saturated carbocycles. The lowest BCUT2D eigenvalue weighted by atomic mass is 9.86. The minimum absolute atomic E-state index is 0.526. The highest BCUT2D eigenvalue weighted by Gasteiger charge is 2.15. The van der Waals surface area contributed by atoms with E-state index in [1.54, 1.807) is 0 Å². The molecule has 0 aromatic heterocycles. The van der Waals surface area contributed by atoms with E-state index >= 15 is 0 Å². The van der Waals surface area contributed by atoms with Crippen molar-refractivity contribution >= 4 is 32.3 Å². The van der Waals surface area contributed by atoms with E-state index in [1.807, 2.05) is 0 Å². The fraction of sp³-hybridized carbons (Fsp3) is 0.120. The van der Waals surface area contributed by atoms with Crippen molar-refractivity contribution in [2.75, 3.05) is 0 Å². The van der Waals surface area contributed by atoms with Crippen LogP contribution in [0.4, 0.5) is 0 Å². The van der Waals surface area contributed by atoms with Crippen molar-refractivity contribution in [1.82, 2.24) is 0 Å². The zero-order valence-electron chi connectivity index (χ0n) is 14.6. The minimum Gasteiger partial charge on any atom is -0.0622 e. The standard InChI is InChI=1S/C25H20/c1-16(2)20-13-12-19-15-23(17-7-4-3-5-8-17)21-10-6-9-18-11-14-22(20)25(19)24(18)21/h3-16H,1-2H3. The summed E-state index contributed by atoms with van der Waals surface area (Å²) < 4.78 is 0. The molecule has 0 heteroatoms. The van der Waals surface area contributed by atoms with Crippen LogP contribution in [0.1, 0.15) is 25.3 Å². The molecule has 0 saturated heterocycles. The third-order valence-electron chi connectivity index (χ3n) is 5.38. The molecule has 5 aromatic carbocycles. The van der Waals surface area contributed by atoms with E-state index in [0.29, 0.717) is 5.92 Å². The van der Waals surface area contributed by atoms with Gasteiger partial charge in [0.05, 0.1) is 0 Å². The van der Waals surface area contributed by atoms with Gasteiger partial charge < -0.3 is 0 Å². The topological polar surface area (TPSA) is 0 Å². The van der Waals surface area contributed by atoms with Crippen LogP contribution in [0, 0.1) is 0 Å². The van der Waals surface area contributed by atoms with Crippen LogP contribution in [-0.2, 0) is 0 Å². The molecule has 0 nitrogen and oxygen atoms in total. The van der Waals surface area contributed by atoms with Gasteiger partial charge in [0.2, 0.25) is 0 Å². The first-order chi connectivity index (χ1) is 12.2. The third kappa shape index (κ3) is 2.07. The van der Waals surface area contributed by atoms with E-state index in [0.717, 1.165) is 0 Å². The molecule has 0 aliphatic heterocycles. The molecule has 25 heavy (non-hydrogen) atoms. The van der Waals surface area contributed by atoms with Crippen LogP contribution in [-0.4, -0.2) is 0 Å². The SMILES string of the molecule is CC(C)c1ccc2cc(-c3ccccc3)c3cccc4ccc1c2c43. The lowest BCUT2D eigenvalue weighted by molar-refractivity contribution is 0.877. The van der Waals surface area contributed by atoms with Crippen LogP contribution in [0.2, 0.25) is 0 Å². The summed E-state index contributed by atoms with van der Waals surface area (Å²) in [5.41, 5.74) is 4.04. The zero-order valence-corrected chi connectivity index (χ0v) is 14.6. The van der Waals surface area contributed by atoms with Crippen molar-refractivity contribution in [3.63, 3.8) is 0 Å². The van der Waals surface area contributed by atoms with Gasteiger partial charge in [0, 0.05) is 0 Å². The Morgan fingerprint density at radius 3 is 2.16 bits per heavy atom. The van der Waals surface area contributed by atoms with Crippen molar-refractivity contribution in [2.24, 2.45) is 0 Å². The molecule has 0 aliphatic carbocycles. The highest BCUT2D eigenvalue weighted by molar-refractivity contribution is 6.26. The number of rotatable bonds is 2. The van der Waals surface area contributed by atoms with Crippen LogP contribution in [0.3, 0.4) is 0 Å². The maximum absolute atomic E-state index is 2.36. The number of benzene rings is 5. The summed E-state index contributed by atoms with van der Waals surface area (Å²) in [6.45, 7) is 4.56. The van der Waals surface area contributed by atoms with Crippen molar-refractivity contribution in [3.8, 4) is 11.1 Å². The van der Waals surface area contributed by atoms with E-state index in [-0.39, 0.29) is 0 Å². The second-order valence-electron chi connectivity index (χ2n) is 7.21. The fourth-order valence-corrected chi connectivity index (χ4v) is 4.21. The lowest BCUT2D eigenvalue weighted by Crippen LogP contribution is -1.93. The molecule has 0 spiro atoms. The Bertz CT molecular complexity index is 1200. The molecular formula is C25H20. The Kier molecular flexibility index (Phi) is 3.08. The van der Waals surface area contributed by atoms with Gasteiger partial charge in [-0.3, -0.25) is 0 Å². The first kappa shape index (κ1) is 14.5. The van der Waals surface area contributed by atoms with Gasteiger partial charge in [0.1, 0.15) is 0 Å². The molecule has 0 amide bonds. The minimum atomic E-state index is 0.526. The smallest absolute Gasteiger partial charge is 0.00205 e. The maximum atomic E-state index is 2.36. The Morgan fingerprint density at radius 2 is 1.36 bits per heavy atom. The van der Waals surface area contributed by atoms with Crippen molar-refractivity contribution in [1.29, 1.82) is 0 Å². The average molecular weight is 320 g/mol. The Hall–Kier alpha value is -2.86. The summed E-state index contributed by atoms with van der Waals surface area (Å²) in [7, 11) is 0. The number of hydrogen-bond acceptors (Lipinski definition) is 0. The molecule has 0 heterocycles. The first-order valence-electron chi connectivity index (χ1n) is 9.00. The monoisotopic (exact) mass is 320 g/mol. The molecule has 0 fully saturated rings. The van der Waals surface area contributed by atoms with E-state index in [1.165, 1.54) is 49.0 Å². The van der Waals surface area contributed by atoms with Gasteiger partial charge in [-0.25, -0.2) is 0 Å². The van der Waals surface area contributed by atoms with Crippen LogP contribution in [0.25, 0.3) is 43.4 Å². The Balaban J connectivity index is 2.02. The Labute approximate surface area is 148 Å². The molecular weight excluding hydrogens is 300 g/mol. The van der Waals surface area contributed by atoms with E-state index in [9.17, 15) is 0 Å². The van der Waals surface area contributed by atoms with Gasteiger partial charge in [-0.2, -0.15) is 0 Å². The predicted octanol–water partition coefficient (Wildman–Crippen LogP) is 7.37. The molecule has 0 bridgehead atoms. The third-order valence-corrected chi connectivity index (χ3v) is 5.38. The lowest BCUT2D eigenvalue weighted by Gasteiger charge is -2.18. The molecule has 0 radical (unpaired) electrons. The second kappa shape index (κ2) is 5.32. The highest BCUT2D eigenvalue weighted by Crippen LogP contribution is 2.42. The summed E-state index contributed by atoms with van der Waals surface area (Å²) in [6.07, 6.45) is 0. The second-order valence-corrected chi connectivity index (χ2v) is 7.21. The molecule has 0 unspecified atom stereocenters. The van der Waals surface area contributed by atoms with Gasteiger partial charge in [-0.1, -0.05) is 86.6 Å². The summed E-state index contributed by atoms with van der Waals surface area (Å²) in [5, 5.41) is 8.23. The van der Waals surface area contributed by atoms with Crippen LogP contribution >= 0.6 is 0 Å². The summed E-state index contributed by atoms with van der Waals surface area (Å²) in [4.78, 5) is 0. The maximum Gasteiger partial charge on any atom is -0.00205 e. The van der Waals surface area contributed by atoms with Crippen LogP contribution in [0.15, 0.2) is 78.9 Å². The Morgan fingerprint density at radius 1 is 0.600 bits per heavy atom. The van der Waals surface area contributed by atoms with Gasteiger partial charge in [0.15, 0.2) is 0 Å². The largest absolute Gasteiger partial charge is 0.0622 e. The van der Waals surface area contributed by atoms with Gasteiger partial charge >= 0.3 is 0 Å². The fourth-order valence-electron chi connectivity index (χ4n) is 4.21. The van der Waals surface area contributed by atoms with E-state index in [2.05, 4.69) is 92.7 Å². The van der Waals surface area contributed by atoms with Crippen LogP contribution in [0.5, 0.6) is 0 Å². The van der Waals surface area contributed by atoms with Crippen molar-refractivity contribution in [3.05, 3.63) is 84.4 Å². The molecule has 0 atom stereocenters.